The number of Topliss-reactive ketones (excluding diaryl/α,β-unsaturated/α-hetero) is 1. The van der Waals surface area contributed by atoms with Crippen LogP contribution in [0.15, 0.2) is 28.7 Å². The van der Waals surface area contributed by atoms with E-state index >= 15 is 0 Å². The second kappa shape index (κ2) is 11.4. The van der Waals surface area contributed by atoms with Gasteiger partial charge in [-0.05, 0) is 57.0 Å². The number of unbranched alkanes of at least 4 members (excludes halogenated alkanes) is 1. The van der Waals surface area contributed by atoms with Crippen LogP contribution in [0.5, 0.6) is 5.75 Å². The van der Waals surface area contributed by atoms with Crippen molar-refractivity contribution in [3.8, 4) is 5.75 Å². The van der Waals surface area contributed by atoms with Gasteiger partial charge in [0.05, 0.1) is 10.5 Å². The van der Waals surface area contributed by atoms with Crippen molar-refractivity contribution in [3.63, 3.8) is 0 Å². The minimum atomic E-state index is -1.09. The number of ketones is 1. The molecule has 0 saturated carbocycles. The monoisotopic (exact) mass is 600 g/mol. The first kappa shape index (κ1) is 28.3. The molecule has 1 N–H and O–H groups in total. The van der Waals surface area contributed by atoms with E-state index < -0.39 is 39.6 Å². The first-order chi connectivity index (χ1) is 16.8. The Morgan fingerprint density at radius 3 is 2.56 bits per heavy atom. The quantitative estimate of drug-likeness (QED) is 0.0876. The molecule has 2 aromatic carbocycles. The molecular weight excluding hydrogens is 577 g/mol. The van der Waals surface area contributed by atoms with Crippen LogP contribution in [0, 0.1) is 18.6 Å². The SMILES string of the molecule is CCCCC(=O)Oc1c(F)c(Cl)cc(F)c1NC(C)(C)CC(=O)c1c(C)c(Cl)nc2ccc(Br)cc12. The lowest BCUT2D eigenvalue weighted by molar-refractivity contribution is -0.134. The standard InChI is InChI=1S/C26H25BrCl2F2N2O3/c1-5-6-7-20(35)36-24-22(31)16(28)11-17(30)23(24)33-26(3,4)12-19(34)21-13(2)25(29)32-18-9-8-14(27)10-15(18)21/h8-11,33H,5-7,12H2,1-4H3. The van der Waals surface area contributed by atoms with Gasteiger partial charge in [0.25, 0.3) is 0 Å². The Hall–Kier alpha value is -2.29. The summed E-state index contributed by atoms with van der Waals surface area (Å²) in [5, 5.41) is 3.14. The summed E-state index contributed by atoms with van der Waals surface area (Å²) in [5.74, 6) is -3.63. The molecule has 0 aliphatic rings. The Balaban J connectivity index is 1.97. The van der Waals surface area contributed by atoms with Gasteiger partial charge in [-0.3, -0.25) is 9.59 Å². The molecule has 1 heterocycles. The van der Waals surface area contributed by atoms with Gasteiger partial charge in [-0.15, -0.1) is 0 Å². The normalized spacial score (nSPS) is 11.6. The Bertz CT molecular complexity index is 1350. The van der Waals surface area contributed by atoms with Crippen LogP contribution in [-0.2, 0) is 4.79 Å². The number of pyridine rings is 1. The number of nitrogens with one attached hydrogen (secondary N) is 1. The van der Waals surface area contributed by atoms with E-state index in [1.165, 1.54) is 0 Å². The molecule has 0 saturated heterocycles. The first-order valence-corrected chi connectivity index (χ1v) is 12.8. The molecule has 0 aliphatic heterocycles. The van der Waals surface area contributed by atoms with Crippen molar-refractivity contribution in [2.45, 2.75) is 58.9 Å². The van der Waals surface area contributed by atoms with E-state index in [-0.39, 0.29) is 23.8 Å². The average molecular weight is 602 g/mol. The maximum atomic E-state index is 14.9. The molecule has 3 rings (SSSR count). The molecule has 0 bridgehead atoms. The lowest BCUT2D eigenvalue weighted by atomic mass is 9.90. The Kier molecular flexibility index (Phi) is 8.96. The lowest BCUT2D eigenvalue weighted by Gasteiger charge is -2.29. The molecule has 36 heavy (non-hydrogen) atoms. The summed E-state index contributed by atoms with van der Waals surface area (Å²) < 4.78 is 35.7. The summed E-state index contributed by atoms with van der Waals surface area (Å²) in [6.07, 6.45) is 1.18. The second-order valence-electron chi connectivity index (χ2n) is 9.11. The second-order valence-corrected chi connectivity index (χ2v) is 10.8. The van der Waals surface area contributed by atoms with Crippen LogP contribution < -0.4 is 10.1 Å². The molecule has 5 nitrogen and oxygen atoms in total. The molecule has 0 radical (unpaired) electrons. The van der Waals surface area contributed by atoms with Crippen molar-refractivity contribution in [3.05, 3.63) is 61.7 Å². The minimum absolute atomic E-state index is 0.0378. The van der Waals surface area contributed by atoms with Gasteiger partial charge in [-0.25, -0.2) is 13.8 Å². The number of halogens is 5. The van der Waals surface area contributed by atoms with Gasteiger partial charge in [0.15, 0.2) is 23.2 Å². The van der Waals surface area contributed by atoms with E-state index in [1.54, 1.807) is 39.0 Å². The number of esters is 1. The topological polar surface area (TPSA) is 68.3 Å². The van der Waals surface area contributed by atoms with Crippen LogP contribution >= 0.6 is 39.1 Å². The van der Waals surface area contributed by atoms with Gasteiger partial charge in [0.1, 0.15) is 10.8 Å². The summed E-state index contributed by atoms with van der Waals surface area (Å²) >= 11 is 15.5. The number of carbonyl (C=O) groups is 2. The summed E-state index contributed by atoms with van der Waals surface area (Å²) in [5.41, 5.74) is -0.0392. The van der Waals surface area contributed by atoms with E-state index in [4.69, 9.17) is 27.9 Å². The zero-order valence-corrected chi connectivity index (χ0v) is 23.3. The Morgan fingerprint density at radius 2 is 1.89 bits per heavy atom. The lowest BCUT2D eigenvalue weighted by Crippen LogP contribution is -2.35. The molecule has 192 valence electrons. The number of hydrogen-bond donors (Lipinski definition) is 1. The first-order valence-electron chi connectivity index (χ1n) is 11.3. The van der Waals surface area contributed by atoms with Gasteiger partial charge in [0.2, 0.25) is 0 Å². The predicted octanol–water partition coefficient (Wildman–Crippen LogP) is 8.45. The number of ether oxygens (including phenoxy) is 1. The van der Waals surface area contributed by atoms with Crippen molar-refractivity contribution < 1.29 is 23.1 Å². The molecule has 0 fully saturated rings. The van der Waals surface area contributed by atoms with Gasteiger partial charge >= 0.3 is 5.97 Å². The molecule has 10 heteroatoms. The third kappa shape index (κ3) is 6.33. The fraction of sp³-hybridized carbons (Fsp3) is 0.346. The van der Waals surface area contributed by atoms with E-state index in [0.29, 0.717) is 28.5 Å². The zero-order valence-electron chi connectivity index (χ0n) is 20.2. The molecule has 0 amide bonds. The number of carbonyl (C=O) groups excluding carboxylic acids is 2. The molecule has 0 unspecified atom stereocenters. The van der Waals surface area contributed by atoms with Crippen LogP contribution in [0.25, 0.3) is 10.9 Å². The van der Waals surface area contributed by atoms with Crippen molar-refractivity contribution in [1.82, 2.24) is 4.98 Å². The van der Waals surface area contributed by atoms with Crippen molar-refractivity contribution in [2.75, 3.05) is 5.32 Å². The van der Waals surface area contributed by atoms with Crippen molar-refractivity contribution in [2.24, 2.45) is 0 Å². The maximum absolute atomic E-state index is 14.9. The van der Waals surface area contributed by atoms with Crippen LogP contribution in [0.2, 0.25) is 10.2 Å². The Labute approximate surface area is 226 Å². The van der Waals surface area contributed by atoms with E-state index in [2.05, 4.69) is 26.2 Å². The van der Waals surface area contributed by atoms with E-state index in [9.17, 15) is 18.4 Å². The van der Waals surface area contributed by atoms with Gasteiger partial charge < -0.3 is 10.1 Å². The average Bonchev–Trinajstić information content (AvgIpc) is 2.79. The summed E-state index contributed by atoms with van der Waals surface area (Å²) in [6, 6.07) is 6.11. The number of benzene rings is 2. The smallest absolute Gasteiger partial charge is 0.311 e. The molecule has 3 aromatic rings. The van der Waals surface area contributed by atoms with E-state index in [1.807, 2.05) is 6.92 Å². The van der Waals surface area contributed by atoms with Gasteiger partial charge in [-0.1, -0.05) is 52.5 Å². The number of hydrogen-bond acceptors (Lipinski definition) is 5. The third-order valence-electron chi connectivity index (χ3n) is 5.55. The van der Waals surface area contributed by atoms with Crippen molar-refractivity contribution >= 4 is 67.5 Å². The van der Waals surface area contributed by atoms with Gasteiger partial charge in [0, 0.05) is 33.8 Å². The fourth-order valence-corrected chi connectivity index (χ4v) is 4.53. The van der Waals surface area contributed by atoms with Crippen LogP contribution in [-0.4, -0.2) is 22.3 Å². The fourth-order valence-electron chi connectivity index (χ4n) is 3.80. The largest absolute Gasteiger partial charge is 0.421 e. The highest BCUT2D eigenvalue weighted by Gasteiger charge is 2.30. The van der Waals surface area contributed by atoms with E-state index in [0.717, 1.165) is 17.0 Å². The predicted molar refractivity (Wildman–Crippen MR) is 142 cm³/mol. The number of aromatic nitrogens is 1. The highest BCUT2D eigenvalue weighted by molar-refractivity contribution is 9.10. The third-order valence-corrected chi connectivity index (χ3v) is 6.69. The molecule has 0 atom stereocenters. The Morgan fingerprint density at radius 1 is 1.19 bits per heavy atom. The maximum Gasteiger partial charge on any atom is 0.311 e. The summed E-state index contributed by atoms with van der Waals surface area (Å²) in [4.78, 5) is 30.0. The number of anilines is 1. The number of nitrogens with zero attached hydrogens (tertiary/aromatic N) is 1. The highest BCUT2D eigenvalue weighted by Crippen LogP contribution is 2.39. The molecular formula is C26H25BrCl2F2N2O3. The van der Waals surface area contributed by atoms with Crippen LogP contribution in [0.3, 0.4) is 0 Å². The molecule has 0 spiro atoms. The zero-order chi connectivity index (χ0) is 26.8. The van der Waals surface area contributed by atoms with Crippen molar-refractivity contribution in [1.29, 1.82) is 0 Å². The molecule has 0 aliphatic carbocycles. The number of rotatable bonds is 9. The van der Waals surface area contributed by atoms with Gasteiger partial charge in [-0.2, -0.15) is 0 Å². The van der Waals surface area contributed by atoms with Crippen LogP contribution in [0.1, 0.15) is 62.4 Å². The summed E-state index contributed by atoms with van der Waals surface area (Å²) in [6.45, 7) is 6.88. The molecule has 1 aromatic heterocycles. The summed E-state index contributed by atoms with van der Waals surface area (Å²) in [7, 11) is 0. The van der Waals surface area contributed by atoms with Crippen LogP contribution in [0.4, 0.5) is 14.5 Å². The minimum Gasteiger partial charge on any atom is -0.421 e. The number of fused-ring (bicyclic) bond motifs is 1. The highest BCUT2D eigenvalue weighted by atomic mass is 79.9.